The second-order valence-electron chi connectivity index (χ2n) is 4.69. The van der Waals surface area contributed by atoms with Crippen LogP contribution in [0.1, 0.15) is 23.4 Å². The lowest BCUT2D eigenvalue weighted by Gasteiger charge is -2.29. The molecule has 0 aromatic carbocycles. The second kappa shape index (κ2) is 5.94. The van der Waals surface area contributed by atoms with Gasteiger partial charge in [0.05, 0.1) is 7.11 Å². The minimum atomic E-state index is -3.70. The first kappa shape index (κ1) is 15.0. The molecule has 0 amide bonds. The number of nitrogens with two attached hydrogens (primary N) is 1. The van der Waals surface area contributed by atoms with Crippen LogP contribution >= 0.6 is 0 Å². The Kier molecular flexibility index (Phi) is 4.46. The van der Waals surface area contributed by atoms with E-state index < -0.39 is 16.0 Å². The zero-order valence-electron chi connectivity index (χ0n) is 11.2. The van der Waals surface area contributed by atoms with Gasteiger partial charge in [0.2, 0.25) is 10.9 Å². The molecule has 1 aliphatic heterocycles. The summed E-state index contributed by atoms with van der Waals surface area (Å²) in [5, 5.41) is -0.232. The summed E-state index contributed by atoms with van der Waals surface area (Å²) in [4.78, 5) is 11.3. The lowest BCUT2D eigenvalue weighted by atomic mass is 9.99. The van der Waals surface area contributed by atoms with Crippen molar-refractivity contribution in [1.29, 1.82) is 0 Å². The molecule has 0 aliphatic carbocycles. The van der Waals surface area contributed by atoms with Crippen LogP contribution in [0.25, 0.3) is 0 Å². The molecule has 0 radical (unpaired) electrons. The molecule has 0 atom stereocenters. The van der Waals surface area contributed by atoms with Gasteiger partial charge >= 0.3 is 5.97 Å². The predicted molar refractivity (Wildman–Crippen MR) is 70.6 cm³/mol. The molecule has 112 valence electrons. The smallest absolute Gasteiger partial charge is 0.374 e. The number of ether oxygens (including phenoxy) is 1. The van der Waals surface area contributed by atoms with Crippen molar-refractivity contribution >= 4 is 16.0 Å². The maximum Gasteiger partial charge on any atom is 0.374 e. The maximum atomic E-state index is 12.4. The maximum absolute atomic E-state index is 12.4. The van der Waals surface area contributed by atoms with Crippen LogP contribution in [0.2, 0.25) is 0 Å². The summed E-state index contributed by atoms with van der Waals surface area (Å²) >= 11 is 0. The average molecular weight is 302 g/mol. The Hall–Kier alpha value is -1.38. The fourth-order valence-electron chi connectivity index (χ4n) is 2.18. The lowest BCUT2D eigenvalue weighted by Crippen LogP contribution is -2.39. The number of sulfonamides is 1. The molecule has 7 nitrogen and oxygen atoms in total. The van der Waals surface area contributed by atoms with Crippen molar-refractivity contribution in [2.75, 3.05) is 26.7 Å². The van der Waals surface area contributed by atoms with Crippen molar-refractivity contribution in [3.05, 3.63) is 17.9 Å². The van der Waals surface area contributed by atoms with Gasteiger partial charge in [0.15, 0.2) is 0 Å². The third-order valence-corrected chi connectivity index (χ3v) is 5.24. The van der Waals surface area contributed by atoms with Gasteiger partial charge in [-0.15, -0.1) is 0 Å². The molecule has 1 saturated heterocycles. The number of methoxy groups -OCH3 is 1. The van der Waals surface area contributed by atoms with E-state index in [1.807, 2.05) is 0 Å². The Balaban J connectivity index is 2.14. The molecule has 2 heterocycles. The highest BCUT2D eigenvalue weighted by molar-refractivity contribution is 7.89. The number of hydrogen-bond donors (Lipinski definition) is 1. The molecule has 0 unspecified atom stereocenters. The fraction of sp³-hybridized carbons (Fsp3) is 0.583. The number of carbonyl (C=O) groups is 1. The zero-order chi connectivity index (χ0) is 14.8. The second-order valence-corrected chi connectivity index (χ2v) is 6.56. The number of hydrogen-bond acceptors (Lipinski definition) is 6. The first-order valence-electron chi connectivity index (χ1n) is 6.37. The molecular weight excluding hydrogens is 284 g/mol. The van der Waals surface area contributed by atoms with Crippen LogP contribution in [0.4, 0.5) is 0 Å². The van der Waals surface area contributed by atoms with Gasteiger partial charge in [0, 0.05) is 13.1 Å². The quantitative estimate of drug-likeness (QED) is 0.809. The van der Waals surface area contributed by atoms with Gasteiger partial charge in [-0.2, -0.15) is 4.31 Å². The largest absolute Gasteiger partial charge is 0.463 e. The summed E-state index contributed by atoms with van der Waals surface area (Å²) in [6.07, 6.45) is 1.47. The van der Waals surface area contributed by atoms with Crippen molar-refractivity contribution in [1.82, 2.24) is 4.31 Å². The molecule has 1 aromatic rings. The van der Waals surface area contributed by atoms with Crippen LogP contribution in [0, 0.1) is 5.92 Å². The molecule has 0 bridgehead atoms. The number of carbonyl (C=O) groups excluding carboxylic acids is 1. The molecule has 1 fully saturated rings. The minimum absolute atomic E-state index is 0.122. The zero-order valence-corrected chi connectivity index (χ0v) is 12.1. The highest BCUT2D eigenvalue weighted by Crippen LogP contribution is 2.24. The van der Waals surface area contributed by atoms with E-state index in [0.29, 0.717) is 25.6 Å². The van der Waals surface area contributed by atoms with E-state index in [4.69, 9.17) is 10.2 Å². The van der Waals surface area contributed by atoms with Crippen LogP contribution in [0.3, 0.4) is 0 Å². The number of furan rings is 1. The molecular formula is C12H18N2O5S. The lowest BCUT2D eigenvalue weighted by molar-refractivity contribution is 0.0558. The van der Waals surface area contributed by atoms with Crippen LogP contribution in [0.5, 0.6) is 0 Å². The van der Waals surface area contributed by atoms with Gasteiger partial charge < -0.3 is 14.9 Å². The van der Waals surface area contributed by atoms with Gasteiger partial charge in [0.1, 0.15) is 0 Å². The third-order valence-electron chi connectivity index (χ3n) is 3.47. The van der Waals surface area contributed by atoms with E-state index >= 15 is 0 Å². The Morgan fingerprint density at radius 1 is 1.45 bits per heavy atom. The van der Waals surface area contributed by atoms with E-state index in [0.717, 1.165) is 12.8 Å². The van der Waals surface area contributed by atoms with Crippen LogP contribution < -0.4 is 5.73 Å². The number of esters is 1. The van der Waals surface area contributed by atoms with Crippen LogP contribution in [-0.2, 0) is 14.8 Å². The molecule has 1 aliphatic rings. The summed E-state index contributed by atoms with van der Waals surface area (Å²) in [5.74, 6) is -0.458. The SMILES string of the molecule is COC(=O)c1ccc(S(=O)(=O)N2CCC(CN)CC2)o1. The van der Waals surface area contributed by atoms with Crippen molar-refractivity contribution in [2.24, 2.45) is 11.7 Å². The number of piperidine rings is 1. The van der Waals surface area contributed by atoms with E-state index in [-0.39, 0.29) is 10.9 Å². The molecule has 0 saturated carbocycles. The topological polar surface area (TPSA) is 103 Å². The Labute approximate surface area is 117 Å². The van der Waals surface area contributed by atoms with Gasteiger partial charge in [-0.05, 0) is 37.4 Å². The molecule has 20 heavy (non-hydrogen) atoms. The molecule has 0 spiro atoms. The van der Waals surface area contributed by atoms with Gasteiger partial charge in [-0.25, -0.2) is 13.2 Å². The normalized spacial score (nSPS) is 18.1. The van der Waals surface area contributed by atoms with Crippen molar-refractivity contribution in [3.8, 4) is 0 Å². The monoisotopic (exact) mass is 302 g/mol. The number of nitrogens with zero attached hydrogens (tertiary/aromatic N) is 1. The van der Waals surface area contributed by atoms with E-state index in [1.54, 1.807) is 0 Å². The van der Waals surface area contributed by atoms with Gasteiger partial charge in [-0.3, -0.25) is 0 Å². The number of rotatable bonds is 4. The van der Waals surface area contributed by atoms with Crippen molar-refractivity contribution in [3.63, 3.8) is 0 Å². The fourth-order valence-corrected chi connectivity index (χ4v) is 3.56. The molecule has 1 aromatic heterocycles. The first-order valence-corrected chi connectivity index (χ1v) is 7.81. The van der Waals surface area contributed by atoms with Gasteiger partial charge in [0.25, 0.3) is 10.0 Å². The Morgan fingerprint density at radius 3 is 2.65 bits per heavy atom. The van der Waals surface area contributed by atoms with E-state index in [1.165, 1.54) is 23.5 Å². The van der Waals surface area contributed by atoms with E-state index in [2.05, 4.69) is 4.74 Å². The van der Waals surface area contributed by atoms with E-state index in [9.17, 15) is 13.2 Å². The molecule has 8 heteroatoms. The van der Waals surface area contributed by atoms with Crippen LogP contribution in [0.15, 0.2) is 21.6 Å². The summed E-state index contributed by atoms with van der Waals surface area (Å²) < 4.78 is 35.6. The summed E-state index contributed by atoms with van der Waals surface area (Å²) in [5.41, 5.74) is 5.58. The predicted octanol–water partition coefficient (Wildman–Crippen LogP) is 0.426. The summed E-state index contributed by atoms with van der Waals surface area (Å²) in [6.45, 7) is 1.40. The molecule has 2 rings (SSSR count). The Bertz CT molecular complexity index is 572. The van der Waals surface area contributed by atoms with Gasteiger partial charge in [-0.1, -0.05) is 0 Å². The summed E-state index contributed by atoms with van der Waals surface area (Å²) in [6, 6.07) is 2.57. The third kappa shape index (κ3) is 2.87. The molecule has 2 N–H and O–H groups in total. The average Bonchev–Trinajstić information content (AvgIpc) is 2.97. The highest BCUT2D eigenvalue weighted by Gasteiger charge is 2.31. The van der Waals surface area contributed by atoms with Crippen molar-refractivity contribution in [2.45, 2.75) is 17.9 Å². The Morgan fingerprint density at radius 2 is 2.10 bits per heavy atom. The van der Waals surface area contributed by atoms with Crippen LogP contribution in [-0.4, -0.2) is 45.4 Å². The van der Waals surface area contributed by atoms with Crippen molar-refractivity contribution < 1.29 is 22.4 Å². The standard InChI is InChI=1S/C12H18N2O5S/c1-18-12(15)10-2-3-11(19-10)20(16,17)14-6-4-9(8-13)5-7-14/h2-3,9H,4-8,13H2,1H3. The first-order chi connectivity index (χ1) is 9.48. The highest BCUT2D eigenvalue weighted by atomic mass is 32.2. The summed E-state index contributed by atoms with van der Waals surface area (Å²) in [7, 11) is -2.49. The minimum Gasteiger partial charge on any atom is -0.463 e.